The molecule has 1 fully saturated rings. The first kappa shape index (κ1) is 14.8. The van der Waals surface area contributed by atoms with Crippen molar-refractivity contribution in [3.8, 4) is 0 Å². The summed E-state index contributed by atoms with van der Waals surface area (Å²) >= 11 is 0. The highest BCUT2D eigenvalue weighted by Crippen LogP contribution is 2.28. The molecular formula is C15H24N4O. The van der Waals surface area contributed by atoms with E-state index in [-0.39, 0.29) is 6.04 Å². The van der Waals surface area contributed by atoms with Gasteiger partial charge in [-0.3, -0.25) is 4.79 Å². The van der Waals surface area contributed by atoms with Crippen LogP contribution in [0.25, 0.3) is 0 Å². The lowest BCUT2D eigenvalue weighted by Gasteiger charge is -2.30. The smallest absolute Gasteiger partial charge is 0.252 e. The summed E-state index contributed by atoms with van der Waals surface area (Å²) in [5.74, 6) is 0.662. The minimum atomic E-state index is -0.459. The number of carbonyl (C=O) groups excluding carboxylic acids is 1. The van der Waals surface area contributed by atoms with Crippen LogP contribution in [0.1, 0.15) is 48.2 Å². The summed E-state index contributed by atoms with van der Waals surface area (Å²) in [6.07, 6.45) is 6.20. The van der Waals surface area contributed by atoms with Crippen LogP contribution >= 0.6 is 0 Å². The molecule has 1 aromatic heterocycles. The minimum Gasteiger partial charge on any atom is -0.365 e. The van der Waals surface area contributed by atoms with Crippen LogP contribution in [0.2, 0.25) is 0 Å². The molecule has 1 unspecified atom stereocenters. The van der Waals surface area contributed by atoms with Gasteiger partial charge in [0, 0.05) is 18.3 Å². The Morgan fingerprint density at radius 2 is 2.10 bits per heavy atom. The zero-order valence-corrected chi connectivity index (χ0v) is 12.1. The van der Waals surface area contributed by atoms with Gasteiger partial charge in [-0.1, -0.05) is 19.3 Å². The summed E-state index contributed by atoms with van der Waals surface area (Å²) in [4.78, 5) is 15.9. The van der Waals surface area contributed by atoms with Crippen LogP contribution in [0.15, 0.2) is 12.1 Å². The summed E-state index contributed by atoms with van der Waals surface area (Å²) in [6.45, 7) is 2.44. The van der Waals surface area contributed by atoms with Crippen molar-refractivity contribution in [2.45, 2.75) is 45.1 Å². The van der Waals surface area contributed by atoms with Gasteiger partial charge in [0.2, 0.25) is 0 Å². The van der Waals surface area contributed by atoms with Gasteiger partial charge in [0.05, 0.1) is 5.56 Å². The Bertz CT molecular complexity index is 469. The second-order valence-corrected chi connectivity index (χ2v) is 5.60. The normalized spacial score (nSPS) is 17.7. The number of hydrogen-bond acceptors (Lipinski definition) is 4. The molecule has 0 aliphatic heterocycles. The fourth-order valence-electron chi connectivity index (χ4n) is 2.95. The van der Waals surface area contributed by atoms with Crippen LogP contribution in [-0.2, 0) is 0 Å². The predicted molar refractivity (Wildman–Crippen MR) is 80.5 cm³/mol. The lowest BCUT2D eigenvalue weighted by molar-refractivity contribution is 0.100. The van der Waals surface area contributed by atoms with E-state index >= 15 is 0 Å². The molecule has 5 heteroatoms. The van der Waals surface area contributed by atoms with Crippen LogP contribution < -0.4 is 16.8 Å². The average Bonchev–Trinajstić information content (AvgIpc) is 2.45. The monoisotopic (exact) mass is 276 g/mol. The number of anilines is 1. The lowest BCUT2D eigenvalue weighted by Crippen LogP contribution is -2.38. The maximum absolute atomic E-state index is 11.5. The van der Waals surface area contributed by atoms with Crippen LogP contribution in [0.3, 0.4) is 0 Å². The molecule has 1 heterocycles. The Morgan fingerprint density at radius 1 is 1.40 bits per heavy atom. The summed E-state index contributed by atoms with van der Waals surface area (Å²) in [7, 11) is 0. The van der Waals surface area contributed by atoms with Gasteiger partial charge in [0.15, 0.2) is 0 Å². The number of hydrogen-bond donors (Lipinski definition) is 3. The largest absolute Gasteiger partial charge is 0.365 e. The number of aromatic nitrogens is 1. The Hall–Kier alpha value is -1.62. The molecule has 0 radical (unpaired) electrons. The Kier molecular flexibility index (Phi) is 4.95. The van der Waals surface area contributed by atoms with E-state index in [1.54, 1.807) is 12.1 Å². The van der Waals surface area contributed by atoms with Crippen molar-refractivity contribution < 1.29 is 4.79 Å². The zero-order chi connectivity index (χ0) is 14.5. The fourth-order valence-corrected chi connectivity index (χ4v) is 2.95. The molecule has 5 nitrogen and oxygen atoms in total. The van der Waals surface area contributed by atoms with E-state index in [2.05, 4.69) is 10.3 Å². The average molecular weight is 276 g/mol. The molecule has 1 aliphatic rings. The van der Waals surface area contributed by atoms with Crippen molar-refractivity contribution in [3.05, 3.63) is 23.4 Å². The van der Waals surface area contributed by atoms with Gasteiger partial charge < -0.3 is 16.8 Å². The topological polar surface area (TPSA) is 94.0 Å². The summed E-state index contributed by atoms with van der Waals surface area (Å²) in [5.41, 5.74) is 12.6. The maximum Gasteiger partial charge on any atom is 0.252 e. The van der Waals surface area contributed by atoms with Crippen molar-refractivity contribution in [1.82, 2.24) is 4.98 Å². The van der Waals surface area contributed by atoms with E-state index in [9.17, 15) is 4.79 Å². The van der Waals surface area contributed by atoms with Crippen LogP contribution in [-0.4, -0.2) is 23.5 Å². The van der Waals surface area contributed by atoms with Gasteiger partial charge in [0.1, 0.15) is 5.82 Å². The fraction of sp³-hybridized carbons (Fsp3) is 0.600. The van der Waals surface area contributed by atoms with E-state index in [4.69, 9.17) is 11.5 Å². The molecule has 1 aliphatic carbocycles. The van der Waals surface area contributed by atoms with Crippen molar-refractivity contribution in [2.24, 2.45) is 17.4 Å². The van der Waals surface area contributed by atoms with Crippen molar-refractivity contribution >= 4 is 11.7 Å². The van der Waals surface area contributed by atoms with Gasteiger partial charge in [0.25, 0.3) is 5.91 Å². The number of primary amides is 1. The number of nitrogens with one attached hydrogen (secondary N) is 1. The molecule has 1 atom stereocenters. The number of aryl methyl sites for hydroxylation is 1. The molecule has 110 valence electrons. The molecule has 0 aromatic carbocycles. The lowest BCUT2D eigenvalue weighted by atomic mass is 9.84. The van der Waals surface area contributed by atoms with Crippen molar-refractivity contribution in [1.29, 1.82) is 0 Å². The summed E-state index contributed by atoms with van der Waals surface area (Å²) in [6, 6.07) is 3.67. The van der Waals surface area contributed by atoms with Gasteiger partial charge in [-0.15, -0.1) is 0 Å². The molecule has 5 N–H and O–H groups in total. The zero-order valence-electron chi connectivity index (χ0n) is 12.1. The predicted octanol–water partition coefficient (Wildman–Crippen LogP) is 1.81. The molecule has 1 saturated carbocycles. The molecule has 2 rings (SSSR count). The molecule has 0 saturated heterocycles. The third kappa shape index (κ3) is 3.48. The third-order valence-corrected chi connectivity index (χ3v) is 4.09. The Labute approximate surface area is 120 Å². The van der Waals surface area contributed by atoms with Crippen LogP contribution in [0, 0.1) is 12.8 Å². The summed E-state index contributed by atoms with van der Waals surface area (Å²) in [5, 5.41) is 3.35. The molecule has 0 bridgehead atoms. The van der Waals surface area contributed by atoms with E-state index < -0.39 is 5.91 Å². The van der Waals surface area contributed by atoms with E-state index in [0.717, 1.165) is 5.69 Å². The van der Waals surface area contributed by atoms with Crippen molar-refractivity contribution in [3.63, 3.8) is 0 Å². The first-order valence-electron chi connectivity index (χ1n) is 7.36. The number of nitrogens with two attached hydrogens (primary N) is 2. The van der Waals surface area contributed by atoms with Gasteiger partial charge >= 0.3 is 0 Å². The SMILES string of the molecule is Cc1ccc(C(N)=O)c(NC(CN)C2CCCCC2)n1. The highest BCUT2D eigenvalue weighted by Gasteiger charge is 2.24. The number of amides is 1. The first-order chi connectivity index (χ1) is 9.61. The number of rotatable bonds is 5. The maximum atomic E-state index is 11.5. The quantitative estimate of drug-likeness (QED) is 0.764. The van der Waals surface area contributed by atoms with Crippen LogP contribution in [0.5, 0.6) is 0 Å². The molecule has 1 aromatic rings. The second kappa shape index (κ2) is 6.70. The minimum absolute atomic E-state index is 0.155. The van der Waals surface area contributed by atoms with E-state index in [1.165, 1.54) is 32.1 Å². The number of carbonyl (C=O) groups is 1. The summed E-state index contributed by atoms with van der Waals surface area (Å²) < 4.78 is 0. The van der Waals surface area contributed by atoms with Crippen molar-refractivity contribution in [2.75, 3.05) is 11.9 Å². The second-order valence-electron chi connectivity index (χ2n) is 5.60. The van der Waals surface area contributed by atoms with Gasteiger partial charge in [-0.25, -0.2) is 4.98 Å². The Balaban J connectivity index is 2.17. The van der Waals surface area contributed by atoms with Gasteiger partial charge in [-0.05, 0) is 37.8 Å². The number of nitrogens with zero attached hydrogens (tertiary/aromatic N) is 1. The number of pyridine rings is 1. The standard InChI is InChI=1S/C15H24N4O/c1-10-7-8-12(14(17)20)15(18-10)19-13(9-16)11-5-3-2-4-6-11/h7-8,11,13H,2-6,9,16H2,1H3,(H2,17,20)(H,18,19). The molecule has 1 amide bonds. The first-order valence-corrected chi connectivity index (χ1v) is 7.36. The highest BCUT2D eigenvalue weighted by molar-refractivity contribution is 5.97. The van der Waals surface area contributed by atoms with E-state index in [0.29, 0.717) is 23.8 Å². The van der Waals surface area contributed by atoms with Crippen LogP contribution in [0.4, 0.5) is 5.82 Å². The highest BCUT2D eigenvalue weighted by atomic mass is 16.1. The van der Waals surface area contributed by atoms with Gasteiger partial charge in [-0.2, -0.15) is 0 Å². The molecule has 20 heavy (non-hydrogen) atoms. The van der Waals surface area contributed by atoms with E-state index in [1.807, 2.05) is 6.92 Å². The Morgan fingerprint density at radius 3 is 2.70 bits per heavy atom. The molecule has 0 spiro atoms. The third-order valence-electron chi connectivity index (χ3n) is 4.09. The molecular weight excluding hydrogens is 252 g/mol.